The van der Waals surface area contributed by atoms with E-state index < -0.39 is 0 Å². The number of thiophene rings is 1. The van der Waals surface area contributed by atoms with Crippen molar-refractivity contribution in [2.45, 2.75) is 6.10 Å². The summed E-state index contributed by atoms with van der Waals surface area (Å²) in [7, 11) is 0. The van der Waals surface area contributed by atoms with Gasteiger partial charge in [-0.05, 0) is 29.7 Å². The average molecular weight is 330 g/mol. The van der Waals surface area contributed by atoms with Crippen LogP contribution in [-0.2, 0) is 4.74 Å². The van der Waals surface area contributed by atoms with Gasteiger partial charge < -0.3 is 4.74 Å². The Morgan fingerprint density at radius 3 is 2.53 bits per heavy atom. The van der Waals surface area contributed by atoms with Crippen LogP contribution in [0.5, 0.6) is 0 Å². The van der Waals surface area contributed by atoms with Crippen LogP contribution in [0, 0.1) is 0 Å². The van der Waals surface area contributed by atoms with Crippen molar-refractivity contribution in [2.75, 3.05) is 6.61 Å². The fraction of sp³-hybridized carbons (Fsp3) is 0.143. The van der Waals surface area contributed by atoms with Gasteiger partial charge in [0.1, 0.15) is 6.10 Å². The van der Waals surface area contributed by atoms with Crippen LogP contribution in [0.3, 0.4) is 0 Å². The van der Waals surface area contributed by atoms with E-state index in [2.05, 4.69) is 6.07 Å². The number of halogens is 3. The number of ether oxygens (including phenoxy) is 1. The van der Waals surface area contributed by atoms with Crippen LogP contribution in [0.15, 0.2) is 24.3 Å². The molecule has 4 rings (SSSR count). The predicted molar refractivity (Wildman–Crippen MR) is 83.1 cm³/mol. The standard InChI is InChI=1S/C14H7Cl3OS/c15-6-1-7-8(11(16)2-6)3-10(12-5-18-12)14-9(7)4-13(17)19-14/h1-4,12H,5H2. The van der Waals surface area contributed by atoms with Crippen LogP contribution < -0.4 is 0 Å². The first-order valence-corrected chi connectivity index (χ1v) is 7.71. The molecule has 19 heavy (non-hydrogen) atoms. The van der Waals surface area contributed by atoms with Gasteiger partial charge in [0.25, 0.3) is 0 Å². The van der Waals surface area contributed by atoms with E-state index in [0.717, 1.165) is 27.1 Å². The van der Waals surface area contributed by atoms with E-state index in [-0.39, 0.29) is 6.10 Å². The Balaban J connectivity index is 2.22. The van der Waals surface area contributed by atoms with Gasteiger partial charge in [-0.15, -0.1) is 11.3 Å². The molecule has 3 aromatic rings. The molecule has 96 valence electrons. The summed E-state index contributed by atoms with van der Waals surface area (Å²) in [6.07, 6.45) is 0.174. The van der Waals surface area contributed by atoms with Gasteiger partial charge in [0, 0.05) is 31.1 Å². The molecule has 1 aliphatic rings. The Morgan fingerprint density at radius 2 is 1.79 bits per heavy atom. The molecule has 0 N–H and O–H groups in total. The summed E-state index contributed by atoms with van der Waals surface area (Å²) in [5.74, 6) is 0. The minimum absolute atomic E-state index is 0.174. The summed E-state index contributed by atoms with van der Waals surface area (Å²) in [6.45, 7) is 0.765. The third-order valence-electron chi connectivity index (χ3n) is 3.33. The highest BCUT2D eigenvalue weighted by Gasteiger charge is 2.28. The molecule has 0 aliphatic carbocycles. The van der Waals surface area contributed by atoms with Crippen LogP contribution in [0.25, 0.3) is 20.9 Å². The van der Waals surface area contributed by atoms with Crippen LogP contribution in [0.4, 0.5) is 0 Å². The zero-order valence-electron chi connectivity index (χ0n) is 9.54. The van der Waals surface area contributed by atoms with Crippen LogP contribution in [0.2, 0.25) is 14.4 Å². The maximum Gasteiger partial charge on any atom is 0.107 e. The van der Waals surface area contributed by atoms with Gasteiger partial charge in [0.05, 0.1) is 10.9 Å². The highest BCUT2D eigenvalue weighted by molar-refractivity contribution is 7.23. The second-order valence-electron chi connectivity index (χ2n) is 4.56. The van der Waals surface area contributed by atoms with E-state index >= 15 is 0 Å². The first kappa shape index (κ1) is 12.2. The van der Waals surface area contributed by atoms with Gasteiger partial charge in [0.2, 0.25) is 0 Å². The molecule has 0 saturated carbocycles. The Kier molecular flexibility index (Phi) is 2.73. The second-order valence-corrected chi connectivity index (χ2v) is 7.09. The van der Waals surface area contributed by atoms with E-state index in [1.807, 2.05) is 12.1 Å². The zero-order valence-corrected chi connectivity index (χ0v) is 12.6. The van der Waals surface area contributed by atoms with Crippen molar-refractivity contribution in [3.63, 3.8) is 0 Å². The minimum Gasteiger partial charge on any atom is -0.368 e. The topological polar surface area (TPSA) is 12.5 Å². The van der Waals surface area contributed by atoms with Crippen molar-refractivity contribution in [1.29, 1.82) is 0 Å². The predicted octanol–water partition coefficient (Wildman–Crippen LogP) is 6.09. The number of hydrogen-bond donors (Lipinski definition) is 0. The van der Waals surface area contributed by atoms with E-state index in [9.17, 15) is 0 Å². The molecule has 5 heteroatoms. The highest BCUT2D eigenvalue weighted by Crippen LogP contribution is 2.45. The lowest BCUT2D eigenvalue weighted by atomic mass is 10.0. The van der Waals surface area contributed by atoms with Crippen molar-refractivity contribution >= 4 is 67.0 Å². The molecule has 2 aromatic carbocycles. The van der Waals surface area contributed by atoms with E-state index in [0.29, 0.717) is 10.0 Å². The fourth-order valence-electron chi connectivity index (χ4n) is 2.42. The number of benzene rings is 2. The molecule has 0 radical (unpaired) electrons. The van der Waals surface area contributed by atoms with Crippen LogP contribution in [0.1, 0.15) is 11.7 Å². The summed E-state index contributed by atoms with van der Waals surface area (Å²) >= 11 is 20.2. The molecule has 1 aromatic heterocycles. The van der Waals surface area contributed by atoms with Crippen molar-refractivity contribution in [2.24, 2.45) is 0 Å². The molecule has 0 bridgehead atoms. The number of rotatable bonds is 1. The van der Waals surface area contributed by atoms with Crippen LogP contribution >= 0.6 is 46.1 Å². The number of fused-ring (bicyclic) bond motifs is 3. The lowest BCUT2D eigenvalue weighted by Gasteiger charge is -2.07. The summed E-state index contributed by atoms with van der Waals surface area (Å²) in [5, 5.41) is 4.44. The van der Waals surface area contributed by atoms with Gasteiger partial charge in [0.15, 0.2) is 0 Å². The average Bonchev–Trinajstić information content (AvgIpc) is 3.10. The maximum atomic E-state index is 6.31. The van der Waals surface area contributed by atoms with Crippen molar-refractivity contribution in [1.82, 2.24) is 0 Å². The molecule has 0 spiro atoms. The lowest BCUT2D eigenvalue weighted by Crippen LogP contribution is -1.84. The lowest BCUT2D eigenvalue weighted by molar-refractivity contribution is 0.417. The van der Waals surface area contributed by atoms with Crippen molar-refractivity contribution in [3.05, 3.63) is 44.2 Å². The maximum absolute atomic E-state index is 6.31. The van der Waals surface area contributed by atoms with Gasteiger partial charge in [-0.25, -0.2) is 0 Å². The molecule has 1 aliphatic heterocycles. The zero-order chi connectivity index (χ0) is 13.1. The smallest absolute Gasteiger partial charge is 0.107 e. The summed E-state index contributed by atoms with van der Waals surface area (Å²) in [5.41, 5.74) is 1.17. The summed E-state index contributed by atoms with van der Waals surface area (Å²) < 4.78 is 7.35. The number of epoxide rings is 1. The molecule has 1 nitrogen and oxygen atoms in total. The monoisotopic (exact) mass is 328 g/mol. The third-order valence-corrected chi connectivity index (χ3v) is 5.17. The summed E-state index contributed by atoms with van der Waals surface area (Å²) in [4.78, 5) is 0. The molecule has 1 saturated heterocycles. The highest BCUT2D eigenvalue weighted by atomic mass is 35.5. The molecule has 1 unspecified atom stereocenters. The van der Waals surface area contributed by atoms with Gasteiger partial charge >= 0.3 is 0 Å². The second kappa shape index (κ2) is 4.24. The Morgan fingerprint density at radius 1 is 1.00 bits per heavy atom. The van der Waals surface area contributed by atoms with Crippen molar-refractivity contribution in [3.8, 4) is 0 Å². The Hall–Kier alpha value is -0.510. The molecular formula is C14H7Cl3OS. The fourth-order valence-corrected chi connectivity index (χ4v) is 4.27. The first-order valence-electron chi connectivity index (χ1n) is 5.76. The third kappa shape index (κ3) is 1.94. The van der Waals surface area contributed by atoms with E-state index in [1.54, 1.807) is 17.4 Å². The normalized spacial score (nSPS) is 18.4. The molecule has 1 atom stereocenters. The van der Waals surface area contributed by atoms with Gasteiger partial charge in [-0.2, -0.15) is 0 Å². The molecule has 0 amide bonds. The number of hydrogen-bond acceptors (Lipinski definition) is 2. The van der Waals surface area contributed by atoms with Crippen LogP contribution in [-0.4, -0.2) is 6.61 Å². The minimum atomic E-state index is 0.174. The summed E-state index contributed by atoms with van der Waals surface area (Å²) in [6, 6.07) is 7.78. The molecule has 1 fully saturated rings. The SMILES string of the molecule is Clc1cc(Cl)c2cc(C3CO3)c3sc(Cl)cc3c2c1. The Bertz CT molecular complexity index is 821. The Labute approximate surface area is 128 Å². The molecular weight excluding hydrogens is 323 g/mol. The van der Waals surface area contributed by atoms with Crippen molar-refractivity contribution < 1.29 is 4.74 Å². The van der Waals surface area contributed by atoms with E-state index in [1.165, 1.54) is 10.3 Å². The van der Waals surface area contributed by atoms with Gasteiger partial charge in [-0.3, -0.25) is 0 Å². The quantitative estimate of drug-likeness (QED) is 0.492. The van der Waals surface area contributed by atoms with E-state index in [4.69, 9.17) is 39.5 Å². The largest absolute Gasteiger partial charge is 0.368 e. The molecule has 2 heterocycles. The first-order chi connectivity index (χ1) is 9.13. The van der Waals surface area contributed by atoms with Gasteiger partial charge in [-0.1, -0.05) is 34.8 Å².